The van der Waals surface area contributed by atoms with E-state index in [-0.39, 0.29) is 58.0 Å². The van der Waals surface area contributed by atoms with Gasteiger partial charge in [-0.15, -0.1) is 0 Å². The monoisotopic (exact) mass is 444 g/mol. The average molecular weight is 445 g/mol. The van der Waals surface area contributed by atoms with Gasteiger partial charge in [0.1, 0.15) is 6.07 Å². The first-order chi connectivity index (χ1) is 13.4. The molecule has 28 heavy (non-hydrogen) atoms. The molecule has 2 fully saturated rings. The van der Waals surface area contributed by atoms with Crippen LogP contribution in [0, 0.1) is 45.1 Å². The predicted octanol–water partition coefficient (Wildman–Crippen LogP) is 2.40. The van der Waals surface area contributed by atoms with Gasteiger partial charge in [-0.25, -0.2) is 0 Å². The van der Waals surface area contributed by atoms with Crippen molar-refractivity contribution >= 4 is 39.6 Å². The number of rotatable bonds is 5. The zero-order valence-corrected chi connectivity index (χ0v) is 15.9. The highest BCUT2D eigenvalue weighted by Crippen LogP contribution is 2.52. The number of carbonyl (C=O) groups is 2. The third-order valence-electron chi connectivity index (χ3n) is 5.29. The van der Waals surface area contributed by atoms with Crippen LogP contribution in [0.15, 0.2) is 33.9 Å². The Bertz CT molecular complexity index is 968. The molecule has 2 bridgehead atoms. The molecule has 1 saturated carbocycles. The average Bonchev–Trinajstić information content (AvgIpc) is 3.33. The Balaban J connectivity index is 1.60. The lowest BCUT2D eigenvalue weighted by atomic mass is 9.85. The number of nitro groups is 1. The number of imide groups is 1. The van der Waals surface area contributed by atoms with Crippen LogP contribution in [0.1, 0.15) is 12.0 Å². The second-order valence-corrected chi connectivity index (χ2v) is 7.64. The minimum Gasteiger partial charge on any atom is -0.471 e. The molecule has 2 aliphatic carbocycles. The number of benzene rings is 1. The number of carbonyl (C=O) groups excluding carboxylic acids is 2. The van der Waals surface area contributed by atoms with Gasteiger partial charge in [0.15, 0.2) is 6.61 Å². The van der Waals surface area contributed by atoms with Crippen LogP contribution in [0.4, 0.5) is 5.69 Å². The summed E-state index contributed by atoms with van der Waals surface area (Å²) in [6.07, 6.45) is 6.04. The Kier molecular flexibility index (Phi) is 4.47. The van der Waals surface area contributed by atoms with E-state index < -0.39 is 4.92 Å². The Hall–Kier alpha value is -3.06. The molecule has 10 heteroatoms. The van der Waals surface area contributed by atoms with Gasteiger partial charge in [-0.3, -0.25) is 19.7 Å². The molecule has 4 atom stereocenters. The Morgan fingerprint density at radius 2 is 1.96 bits per heavy atom. The molecule has 1 saturated heterocycles. The van der Waals surface area contributed by atoms with E-state index in [1.54, 1.807) is 6.07 Å². The summed E-state index contributed by atoms with van der Waals surface area (Å²) in [5.41, 5.74) is -0.0501. The lowest BCUT2D eigenvalue weighted by molar-refractivity contribution is -0.385. The number of amides is 2. The molecule has 1 aromatic rings. The lowest BCUT2D eigenvalue weighted by Crippen LogP contribution is -2.28. The number of nitro benzene ring substituents is 1. The summed E-state index contributed by atoms with van der Waals surface area (Å²) in [6, 6.07) is 4.46. The van der Waals surface area contributed by atoms with E-state index in [1.165, 1.54) is 18.3 Å². The quantitative estimate of drug-likeness (QED) is 0.225. The third-order valence-corrected chi connectivity index (χ3v) is 5.88. The maximum atomic E-state index is 12.6. The van der Waals surface area contributed by atoms with Crippen LogP contribution in [0.2, 0.25) is 0 Å². The van der Waals surface area contributed by atoms with Gasteiger partial charge in [-0.2, -0.15) is 15.4 Å². The molecule has 0 aromatic heterocycles. The second kappa shape index (κ2) is 6.83. The Morgan fingerprint density at radius 1 is 1.32 bits per heavy atom. The molecule has 0 spiro atoms. The number of fused-ring (bicyclic) bond motifs is 5. The molecule has 1 aromatic carbocycles. The molecule has 2 amide bonds. The summed E-state index contributed by atoms with van der Waals surface area (Å²) in [7, 11) is 0. The molecule has 3 aliphatic rings. The second-order valence-electron chi connectivity index (χ2n) is 6.79. The molecule has 1 heterocycles. The van der Waals surface area contributed by atoms with Gasteiger partial charge in [-0.1, -0.05) is 12.2 Å². The van der Waals surface area contributed by atoms with Crippen LogP contribution in [0.5, 0.6) is 5.75 Å². The van der Waals surface area contributed by atoms with Crippen molar-refractivity contribution in [2.24, 2.45) is 28.8 Å². The number of nitrogens with zero attached hydrogens (tertiary/aromatic N) is 4. The fourth-order valence-corrected chi connectivity index (χ4v) is 4.76. The van der Waals surface area contributed by atoms with E-state index in [1.807, 2.05) is 12.2 Å². The van der Waals surface area contributed by atoms with Crippen molar-refractivity contribution in [2.45, 2.75) is 6.42 Å². The smallest absolute Gasteiger partial charge is 0.312 e. The summed E-state index contributed by atoms with van der Waals surface area (Å²) >= 11 is 3.18. The lowest BCUT2D eigenvalue weighted by Gasteiger charge is -2.13. The maximum absolute atomic E-state index is 12.6. The summed E-state index contributed by atoms with van der Waals surface area (Å²) in [5, 5.41) is 24.8. The minimum absolute atomic E-state index is 0.0748. The zero-order chi connectivity index (χ0) is 20.0. The van der Waals surface area contributed by atoms with Gasteiger partial charge in [0.2, 0.25) is 5.75 Å². The number of ether oxygens (including phenoxy) is 1. The number of hydrogen-bond acceptors (Lipinski definition) is 7. The number of allylic oxidation sites excluding steroid dienone is 2. The number of hydrogen-bond donors (Lipinski definition) is 0. The fourth-order valence-electron chi connectivity index (χ4n) is 4.18. The first-order valence-electron chi connectivity index (χ1n) is 8.50. The largest absolute Gasteiger partial charge is 0.471 e. The number of hydrazone groups is 1. The molecule has 9 nitrogen and oxygen atoms in total. The molecular formula is C18H13BrN4O5. The van der Waals surface area contributed by atoms with E-state index in [0.29, 0.717) is 5.56 Å². The minimum atomic E-state index is -0.644. The van der Waals surface area contributed by atoms with Gasteiger partial charge < -0.3 is 4.74 Å². The van der Waals surface area contributed by atoms with Crippen LogP contribution >= 0.6 is 15.9 Å². The van der Waals surface area contributed by atoms with Gasteiger partial charge in [-0.05, 0) is 40.3 Å². The molecule has 0 N–H and O–H groups in total. The van der Waals surface area contributed by atoms with Crippen molar-refractivity contribution < 1.29 is 19.2 Å². The van der Waals surface area contributed by atoms with Gasteiger partial charge >= 0.3 is 5.69 Å². The van der Waals surface area contributed by atoms with Crippen molar-refractivity contribution in [3.8, 4) is 11.8 Å². The van der Waals surface area contributed by atoms with E-state index in [9.17, 15) is 19.7 Å². The fraction of sp³-hybridized carbons (Fsp3) is 0.333. The highest BCUT2D eigenvalue weighted by Gasteiger charge is 2.59. The van der Waals surface area contributed by atoms with Crippen molar-refractivity contribution in [1.29, 1.82) is 5.26 Å². The van der Waals surface area contributed by atoms with E-state index in [0.717, 1.165) is 11.4 Å². The van der Waals surface area contributed by atoms with Crippen molar-refractivity contribution in [3.63, 3.8) is 0 Å². The molecule has 142 valence electrons. The predicted molar refractivity (Wildman–Crippen MR) is 99.1 cm³/mol. The van der Waals surface area contributed by atoms with Crippen LogP contribution in [0.3, 0.4) is 0 Å². The summed E-state index contributed by atoms with van der Waals surface area (Å²) in [6.45, 7) is -0.344. The topological polar surface area (TPSA) is 126 Å². The van der Waals surface area contributed by atoms with Crippen LogP contribution in [-0.4, -0.2) is 34.6 Å². The van der Waals surface area contributed by atoms with E-state index >= 15 is 0 Å². The Morgan fingerprint density at radius 3 is 2.54 bits per heavy atom. The molecule has 1 aliphatic heterocycles. The van der Waals surface area contributed by atoms with Crippen molar-refractivity contribution in [3.05, 3.63) is 44.4 Å². The highest BCUT2D eigenvalue weighted by atomic mass is 79.9. The molecule has 4 unspecified atom stereocenters. The first kappa shape index (κ1) is 18.3. The van der Waals surface area contributed by atoms with Gasteiger partial charge in [0.05, 0.1) is 27.4 Å². The highest BCUT2D eigenvalue weighted by molar-refractivity contribution is 9.10. The molecular weight excluding hydrogens is 432 g/mol. The maximum Gasteiger partial charge on any atom is 0.312 e. The normalized spacial score (nSPS) is 27.5. The SMILES string of the molecule is N#CCOc1c(Br)cc(C=NN2C(=O)C3C4C=CC(C4)C3C2=O)cc1[N+](=O)[O-]. The number of halogens is 1. The van der Waals surface area contributed by atoms with E-state index in [4.69, 9.17) is 10.00 Å². The summed E-state index contributed by atoms with van der Waals surface area (Å²) in [4.78, 5) is 35.9. The molecule has 0 radical (unpaired) electrons. The van der Waals surface area contributed by atoms with Crippen LogP contribution < -0.4 is 4.74 Å². The van der Waals surface area contributed by atoms with Crippen molar-refractivity contribution in [1.82, 2.24) is 5.01 Å². The van der Waals surface area contributed by atoms with Crippen molar-refractivity contribution in [2.75, 3.05) is 6.61 Å². The van der Waals surface area contributed by atoms with Crippen LogP contribution in [0.25, 0.3) is 0 Å². The number of nitriles is 1. The Labute approximate surface area is 167 Å². The summed E-state index contributed by atoms with van der Waals surface area (Å²) in [5.74, 6) is -1.28. The first-order valence-corrected chi connectivity index (χ1v) is 9.29. The third kappa shape index (κ3) is 2.79. The standard InChI is InChI=1S/C18H13BrN4O5/c19-12-5-9(6-13(23(26)27)16(12)28-4-3-20)8-21-22-17(24)14-10-1-2-11(7-10)15(14)18(22)25/h1-2,5-6,8,10-11,14-15H,4,7H2. The van der Waals surface area contributed by atoms with Gasteiger partial charge in [0.25, 0.3) is 11.8 Å². The van der Waals surface area contributed by atoms with Gasteiger partial charge in [0, 0.05) is 11.6 Å². The molecule has 4 rings (SSSR count). The van der Waals surface area contributed by atoms with Crippen LogP contribution in [-0.2, 0) is 9.59 Å². The summed E-state index contributed by atoms with van der Waals surface area (Å²) < 4.78 is 5.37. The zero-order valence-electron chi connectivity index (χ0n) is 14.3. The van der Waals surface area contributed by atoms with E-state index in [2.05, 4.69) is 21.0 Å².